The number of carbonyl (C=O) groups is 1. The maximum Gasteiger partial charge on any atom is 0.227 e. The normalized spacial score (nSPS) is 18.0. The van der Waals surface area contributed by atoms with Crippen LogP contribution in [0.15, 0.2) is 29.9 Å². The Hall–Kier alpha value is -2.15. The number of amides is 1. The second-order valence-corrected chi connectivity index (χ2v) is 7.58. The average molecular weight is 357 g/mol. The SMILES string of the molecule is O=C(Cc1cccs1)N1CCN(c2cc(N3CCCC3)ncn2)CC1. The third-order valence-electron chi connectivity index (χ3n) is 4.93. The van der Waals surface area contributed by atoms with Crippen LogP contribution in [0.1, 0.15) is 17.7 Å². The minimum Gasteiger partial charge on any atom is -0.356 e. The summed E-state index contributed by atoms with van der Waals surface area (Å²) in [6, 6.07) is 6.12. The van der Waals surface area contributed by atoms with Crippen LogP contribution in [0.4, 0.5) is 11.6 Å². The number of rotatable bonds is 4. The largest absolute Gasteiger partial charge is 0.356 e. The molecule has 2 aliphatic heterocycles. The van der Waals surface area contributed by atoms with E-state index in [4.69, 9.17) is 0 Å². The van der Waals surface area contributed by atoms with Crippen molar-refractivity contribution in [3.8, 4) is 0 Å². The summed E-state index contributed by atoms with van der Waals surface area (Å²) in [6.45, 7) is 5.34. The predicted octanol–water partition coefficient (Wildman–Crippen LogP) is 2.03. The molecular weight excluding hydrogens is 334 g/mol. The van der Waals surface area contributed by atoms with Crippen molar-refractivity contribution in [3.63, 3.8) is 0 Å². The molecule has 2 saturated heterocycles. The Kier molecular flexibility index (Phi) is 4.83. The molecule has 0 atom stereocenters. The number of thiophene rings is 1. The van der Waals surface area contributed by atoms with Crippen molar-refractivity contribution in [1.82, 2.24) is 14.9 Å². The second kappa shape index (κ2) is 7.39. The van der Waals surface area contributed by atoms with E-state index in [1.807, 2.05) is 22.4 Å². The molecule has 2 aromatic rings. The number of hydrogen-bond donors (Lipinski definition) is 0. The van der Waals surface area contributed by atoms with Gasteiger partial charge in [0, 0.05) is 50.2 Å². The summed E-state index contributed by atoms with van der Waals surface area (Å²) in [5.41, 5.74) is 0. The molecular formula is C18H23N5OS. The smallest absolute Gasteiger partial charge is 0.227 e. The molecule has 6 nitrogen and oxygen atoms in total. The van der Waals surface area contributed by atoms with Gasteiger partial charge in [0.25, 0.3) is 0 Å². The van der Waals surface area contributed by atoms with Crippen molar-refractivity contribution in [2.45, 2.75) is 19.3 Å². The highest BCUT2D eigenvalue weighted by Crippen LogP contribution is 2.22. The van der Waals surface area contributed by atoms with Crippen LogP contribution < -0.4 is 9.80 Å². The minimum atomic E-state index is 0.225. The van der Waals surface area contributed by atoms with E-state index >= 15 is 0 Å². The van der Waals surface area contributed by atoms with Crippen LogP contribution in [0.3, 0.4) is 0 Å². The summed E-state index contributed by atoms with van der Waals surface area (Å²) in [7, 11) is 0. The third kappa shape index (κ3) is 3.76. The van der Waals surface area contributed by atoms with Gasteiger partial charge in [0.2, 0.25) is 5.91 Å². The van der Waals surface area contributed by atoms with Gasteiger partial charge in [-0.2, -0.15) is 0 Å². The van der Waals surface area contributed by atoms with Gasteiger partial charge >= 0.3 is 0 Å². The highest BCUT2D eigenvalue weighted by atomic mass is 32.1. The van der Waals surface area contributed by atoms with Crippen LogP contribution in [0.2, 0.25) is 0 Å². The molecule has 2 aromatic heterocycles. The van der Waals surface area contributed by atoms with E-state index in [2.05, 4.69) is 25.8 Å². The van der Waals surface area contributed by atoms with Crippen molar-refractivity contribution in [1.29, 1.82) is 0 Å². The zero-order valence-electron chi connectivity index (χ0n) is 14.3. The van der Waals surface area contributed by atoms with Gasteiger partial charge in [-0.1, -0.05) is 6.07 Å². The van der Waals surface area contributed by atoms with Crippen molar-refractivity contribution >= 4 is 28.9 Å². The number of aromatic nitrogens is 2. The van der Waals surface area contributed by atoms with Crippen LogP contribution in [-0.2, 0) is 11.2 Å². The first-order chi connectivity index (χ1) is 12.3. The first-order valence-corrected chi connectivity index (χ1v) is 9.80. The van der Waals surface area contributed by atoms with Gasteiger partial charge in [0.1, 0.15) is 18.0 Å². The van der Waals surface area contributed by atoms with E-state index in [0.29, 0.717) is 6.42 Å². The van der Waals surface area contributed by atoms with E-state index in [0.717, 1.165) is 55.8 Å². The Morgan fingerprint density at radius 2 is 1.68 bits per heavy atom. The van der Waals surface area contributed by atoms with Gasteiger partial charge in [-0.15, -0.1) is 11.3 Å². The highest BCUT2D eigenvalue weighted by Gasteiger charge is 2.23. The first-order valence-electron chi connectivity index (χ1n) is 8.92. The summed E-state index contributed by atoms with van der Waals surface area (Å²) < 4.78 is 0. The Labute approximate surface area is 152 Å². The van der Waals surface area contributed by atoms with Crippen molar-refractivity contribution < 1.29 is 4.79 Å². The number of hydrogen-bond acceptors (Lipinski definition) is 6. The molecule has 0 N–H and O–H groups in total. The van der Waals surface area contributed by atoms with Gasteiger partial charge in [0.15, 0.2) is 0 Å². The highest BCUT2D eigenvalue weighted by molar-refractivity contribution is 7.10. The van der Waals surface area contributed by atoms with E-state index in [-0.39, 0.29) is 5.91 Å². The fourth-order valence-corrected chi connectivity index (χ4v) is 4.18. The number of carbonyl (C=O) groups excluding carboxylic acids is 1. The van der Waals surface area contributed by atoms with E-state index in [1.54, 1.807) is 17.7 Å². The summed E-state index contributed by atoms with van der Waals surface area (Å²) in [5, 5.41) is 2.02. The molecule has 0 unspecified atom stereocenters. The Morgan fingerprint density at radius 1 is 1.00 bits per heavy atom. The predicted molar refractivity (Wildman–Crippen MR) is 100 cm³/mol. The van der Waals surface area contributed by atoms with Crippen molar-refractivity contribution in [3.05, 3.63) is 34.8 Å². The maximum atomic E-state index is 12.4. The number of piperazine rings is 1. The number of anilines is 2. The van der Waals surface area contributed by atoms with Crippen molar-refractivity contribution in [2.75, 3.05) is 49.1 Å². The van der Waals surface area contributed by atoms with Gasteiger partial charge in [-0.05, 0) is 24.3 Å². The molecule has 0 saturated carbocycles. The number of nitrogens with zero attached hydrogens (tertiary/aromatic N) is 5. The molecule has 0 aromatic carbocycles. The quantitative estimate of drug-likeness (QED) is 0.838. The second-order valence-electron chi connectivity index (χ2n) is 6.55. The van der Waals surface area contributed by atoms with E-state index in [1.165, 1.54) is 12.8 Å². The molecule has 1 amide bonds. The third-order valence-corrected chi connectivity index (χ3v) is 5.81. The fourth-order valence-electron chi connectivity index (χ4n) is 3.49. The molecule has 0 bridgehead atoms. The maximum absolute atomic E-state index is 12.4. The molecule has 0 radical (unpaired) electrons. The first kappa shape index (κ1) is 16.3. The van der Waals surface area contributed by atoms with Crippen LogP contribution in [0.25, 0.3) is 0 Å². The van der Waals surface area contributed by atoms with Crippen molar-refractivity contribution in [2.24, 2.45) is 0 Å². The monoisotopic (exact) mass is 357 g/mol. The lowest BCUT2D eigenvalue weighted by Crippen LogP contribution is -2.49. The minimum absolute atomic E-state index is 0.225. The molecule has 25 heavy (non-hydrogen) atoms. The standard InChI is InChI=1S/C18H23N5OS/c24-18(12-15-4-3-11-25-15)23-9-7-22(8-10-23)17-13-16(19-14-20-17)21-5-1-2-6-21/h3-4,11,13-14H,1-2,5-10,12H2. The lowest BCUT2D eigenvalue weighted by Gasteiger charge is -2.35. The lowest BCUT2D eigenvalue weighted by atomic mass is 10.2. The Morgan fingerprint density at radius 3 is 2.32 bits per heavy atom. The van der Waals surface area contributed by atoms with Crippen LogP contribution >= 0.6 is 11.3 Å². The molecule has 2 fully saturated rings. The molecule has 4 heterocycles. The fraction of sp³-hybridized carbons (Fsp3) is 0.500. The van der Waals surface area contributed by atoms with Crippen LogP contribution in [0.5, 0.6) is 0 Å². The van der Waals surface area contributed by atoms with Crippen LogP contribution in [0, 0.1) is 0 Å². The summed E-state index contributed by atoms with van der Waals surface area (Å²) >= 11 is 1.65. The van der Waals surface area contributed by atoms with E-state index in [9.17, 15) is 4.79 Å². The molecule has 4 rings (SSSR count). The summed E-state index contributed by atoms with van der Waals surface area (Å²) in [5.74, 6) is 2.23. The lowest BCUT2D eigenvalue weighted by molar-refractivity contribution is -0.130. The zero-order valence-corrected chi connectivity index (χ0v) is 15.1. The average Bonchev–Trinajstić information content (AvgIpc) is 3.36. The Balaban J connectivity index is 1.35. The molecule has 132 valence electrons. The van der Waals surface area contributed by atoms with Crippen LogP contribution in [-0.4, -0.2) is 60.0 Å². The zero-order chi connectivity index (χ0) is 17.1. The molecule has 2 aliphatic rings. The van der Waals surface area contributed by atoms with Gasteiger partial charge in [0.05, 0.1) is 6.42 Å². The molecule has 7 heteroatoms. The van der Waals surface area contributed by atoms with E-state index < -0.39 is 0 Å². The topological polar surface area (TPSA) is 52.6 Å². The van der Waals surface area contributed by atoms with Gasteiger partial charge in [-0.3, -0.25) is 4.79 Å². The summed E-state index contributed by atoms with van der Waals surface area (Å²) in [6.07, 6.45) is 4.66. The van der Waals surface area contributed by atoms with Gasteiger partial charge in [-0.25, -0.2) is 9.97 Å². The molecule has 0 aliphatic carbocycles. The molecule has 0 spiro atoms. The Bertz CT molecular complexity index is 706. The van der Waals surface area contributed by atoms with Gasteiger partial charge < -0.3 is 14.7 Å². The summed E-state index contributed by atoms with van der Waals surface area (Å²) in [4.78, 5) is 29.0.